The van der Waals surface area contributed by atoms with Gasteiger partial charge in [0, 0.05) is 5.38 Å². The minimum absolute atomic E-state index is 0.0954. The van der Waals surface area contributed by atoms with Gasteiger partial charge in [-0.2, -0.15) is 0 Å². The number of nitrogen functional groups attached to an aromatic ring is 1. The van der Waals surface area contributed by atoms with Crippen molar-refractivity contribution in [2.75, 3.05) is 5.73 Å². The first-order chi connectivity index (χ1) is 14.9. The first kappa shape index (κ1) is 22.0. The molecule has 0 spiro atoms. The van der Waals surface area contributed by atoms with Gasteiger partial charge in [0.05, 0.1) is 6.42 Å². The first-order valence-corrected chi connectivity index (χ1v) is 10.3. The lowest BCUT2D eigenvalue weighted by Gasteiger charge is -2.20. The van der Waals surface area contributed by atoms with E-state index < -0.39 is 24.1 Å². The van der Waals surface area contributed by atoms with Gasteiger partial charge in [0.2, 0.25) is 5.71 Å². The minimum Gasteiger partial charge on any atom is -0.476 e. The summed E-state index contributed by atoms with van der Waals surface area (Å²) in [5, 5.41) is 14.7. The monoisotopic (exact) mass is 439 g/mol. The summed E-state index contributed by atoms with van der Waals surface area (Å²) in [5.41, 5.74) is 6.92. The van der Waals surface area contributed by atoms with Crippen LogP contribution in [0.5, 0.6) is 0 Å². The summed E-state index contributed by atoms with van der Waals surface area (Å²) in [6, 6.07) is 18.8. The molecule has 1 unspecified atom stereocenters. The summed E-state index contributed by atoms with van der Waals surface area (Å²) in [4.78, 5) is 33.1. The molecule has 3 N–H and O–H groups in total. The number of aromatic nitrogens is 1. The molecule has 1 heterocycles. The highest BCUT2D eigenvalue weighted by molar-refractivity contribution is 7.13. The number of hydrogen-bond acceptors (Lipinski definition) is 8. The van der Waals surface area contributed by atoms with E-state index in [2.05, 4.69) is 10.1 Å². The maximum absolute atomic E-state index is 12.6. The fraction of sp³-hybridized carbons (Fsp3) is 0.182. The van der Waals surface area contributed by atoms with Gasteiger partial charge in [0.15, 0.2) is 11.2 Å². The first-order valence-electron chi connectivity index (χ1n) is 9.42. The van der Waals surface area contributed by atoms with Gasteiger partial charge < -0.3 is 20.4 Å². The Kier molecular flexibility index (Phi) is 7.34. The fourth-order valence-corrected chi connectivity index (χ4v) is 3.32. The molecule has 0 amide bonds. The number of carbonyl (C=O) groups is 2. The van der Waals surface area contributed by atoms with Crippen LogP contribution in [0.25, 0.3) is 0 Å². The molecule has 160 valence electrons. The summed E-state index contributed by atoms with van der Waals surface area (Å²) >= 11 is 1.09. The van der Waals surface area contributed by atoms with E-state index in [4.69, 9.17) is 15.3 Å². The van der Waals surface area contributed by atoms with Crippen LogP contribution in [-0.4, -0.2) is 33.8 Å². The molecule has 1 aromatic heterocycles. The zero-order chi connectivity index (χ0) is 22.2. The second kappa shape index (κ2) is 10.4. The van der Waals surface area contributed by atoms with E-state index in [0.29, 0.717) is 0 Å². The summed E-state index contributed by atoms with van der Waals surface area (Å²) in [6.45, 7) is 1.60. The Labute approximate surface area is 182 Å². The molecular formula is C22H21N3O5S. The molecule has 0 bridgehead atoms. The van der Waals surface area contributed by atoms with Gasteiger partial charge in [-0.3, -0.25) is 4.79 Å². The molecule has 3 rings (SSSR count). The average molecular weight is 439 g/mol. The number of rotatable bonds is 9. The van der Waals surface area contributed by atoms with E-state index in [9.17, 15) is 14.7 Å². The van der Waals surface area contributed by atoms with Gasteiger partial charge in [0.25, 0.3) is 0 Å². The number of carboxylic acids is 1. The second-order valence-electron chi connectivity index (χ2n) is 6.63. The highest BCUT2D eigenvalue weighted by Gasteiger charge is 2.22. The van der Waals surface area contributed by atoms with Gasteiger partial charge in [-0.15, -0.1) is 11.3 Å². The number of hydrogen-bond donors (Lipinski definition) is 2. The molecule has 3 aromatic rings. The normalized spacial score (nSPS) is 12.4. The van der Waals surface area contributed by atoms with Gasteiger partial charge in [0.1, 0.15) is 11.8 Å². The number of thiazole rings is 1. The van der Waals surface area contributed by atoms with Crippen molar-refractivity contribution in [1.82, 2.24) is 4.98 Å². The van der Waals surface area contributed by atoms with Crippen molar-refractivity contribution in [1.29, 1.82) is 0 Å². The predicted molar refractivity (Wildman–Crippen MR) is 117 cm³/mol. The number of nitrogens with two attached hydrogens (primary N) is 1. The van der Waals surface area contributed by atoms with E-state index >= 15 is 0 Å². The Morgan fingerprint density at radius 2 is 1.68 bits per heavy atom. The lowest BCUT2D eigenvalue weighted by Crippen LogP contribution is -2.20. The van der Waals surface area contributed by atoms with Crippen LogP contribution in [0.2, 0.25) is 0 Å². The van der Waals surface area contributed by atoms with Crippen LogP contribution in [0.15, 0.2) is 71.2 Å². The molecule has 0 saturated carbocycles. The quantitative estimate of drug-likeness (QED) is 0.296. The summed E-state index contributed by atoms with van der Waals surface area (Å²) in [5.74, 6) is -1.82. The summed E-state index contributed by atoms with van der Waals surface area (Å²) < 4.78 is 5.72. The number of aliphatic carboxylic acids is 1. The molecule has 0 aliphatic carbocycles. The van der Waals surface area contributed by atoms with E-state index in [0.717, 1.165) is 22.5 Å². The van der Waals surface area contributed by atoms with Crippen LogP contribution in [0, 0.1) is 0 Å². The molecule has 31 heavy (non-hydrogen) atoms. The standard InChI is InChI=1S/C22H21N3O5S/c1-14(30-25-19(21(27)28)17-13-31-22(23)24-17)12-18(26)29-20(15-8-4-2-5-9-15)16-10-6-3-7-11-16/h2-11,13-14,20H,12H2,1H3,(H2,23,24)(H,27,28)/b25-19-. The van der Waals surface area contributed by atoms with Crippen LogP contribution in [0.1, 0.15) is 36.3 Å². The third kappa shape index (κ3) is 6.13. The predicted octanol–water partition coefficient (Wildman–Crippen LogP) is 3.64. The Bertz CT molecular complexity index is 1010. The number of carbonyl (C=O) groups excluding carboxylic acids is 1. The van der Waals surface area contributed by atoms with E-state index in [1.54, 1.807) is 6.92 Å². The Balaban J connectivity index is 1.67. The number of oxime groups is 1. The van der Waals surface area contributed by atoms with Crippen molar-refractivity contribution in [3.8, 4) is 0 Å². The number of ether oxygens (including phenoxy) is 1. The Morgan fingerprint density at radius 1 is 1.10 bits per heavy atom. The molecule has 0 saturated heterocycles. The highest BCUT2D eigenvalue weighted by Crippen LogP contribution is 2.26. The topological polar surface area (TPSA) is 124 Å². The van der Waals surface area contributed by atoms with Gasteiger partial charge in [-0.25, -0.2) is 9.78 Å². The minimum atomic E-state index is -1.31. The van der Waals surface area contributed by atoms with Crippen LogP contribution in [-0.2, 0) is 19.2 Å². The maximum atomic E-state index is 12.6. The highest BCUT2D eigenvalue weighted by atomic mass is 32.1. The lowest BCUT2D eigenvalue weighted by atomic mass is 10.0. The van der Waals surface area contributed by atoms with Crippen molar-refractivity contribution in [3.05, 3.63) is 82.9 Å². The lowest BCUT2D eigenvalue weighted by molar-refractivity contribution is -0.150. The third-order valence-corrected chi connectivity index (χ3v) is 4.87. The van der Waals surface area contributed by atoms with Crippen molar-refractivity contribution >= 4 is 34.1 Å². The van der Waals surface area contributed by atoms with Crippen molar-refractivity contribution in [3.63, 3.8) is 0 Å². The van der Waals surface area contributed by atoms with Crippen LogP contribution < -0.4 is 5.73 Å². The number of nitrogens with zero attached hydrogens (tertiary/aromatic N) is 2. The molecule has 9 heteroatoms. The number of benzene rings is 2. The molecule has 2 aromatic carbocycles. The molecule has 8 nitrogen and oxygen atoms in total. The van der Waals surface area contributed by atoms with E-state index in [1.165, 1.54) is 5.38 Å². The van der Waals surface area contributed by atoms with E-state index in [1.807, 2.05) is 60.7 Å². The second-order valence-corrected chi connectivity index (χ2v) is 7.52. The van der Waals surface area contributed by atoms with E-state index in [-0.39, 0.29) is 23.0 Å². The van der Waals surface area contributed by atoms with Crippen LogP contribution in [0.3, 0.4) is 0 Å². The largest absolute Gasteiger partial charge is 0.476 e. The summed E-state index contributed by atoms with van der Waals surface area (Å²) in [6.07, 6.45) is -1.41. The van der Waals surface area contributed by atoms with Crippen molar-refractivity contribution in [2.45, 2.75) is 25.6 Å². The number of carboxylic acid groups (broad SMARTS) is 1. The maximum Gasteiger partial charge on any atom is 0.360 e. The van der Waals surface area contributed by atoms with Crippen LogP contribution in [0.4, 0.5) is 5.13 Å². The Morgan fingerprint density at radius 3 is 2.16 bits per heavy atom. The molecular weight excluding hydrogens is 418 g/mol. The van der Waals surface area contributed by atoms with Crippen molar-refractivity contribution in [2.24, 2.45) is 5.16 Å². The molecule has 0 aliphatic heterocycles. The molecule has 0 fully saturated rings. The smallest absolute Gasteiger partial charge is 0.360 e. The molecule has 1 atom stereocenters. The van der Waals surface area contributed by atoms with Gasteiger partial charge in [-0.05, 0) is 18.1 Å². The zero-order valence-electron chi connectivity index (χ0n) is 16.7. The number of anilines is 1. The molecule has 0 aliphatic rings. The average Bonchev–Trinajstić information content (AvgIpc) is 3.19. The van der Waals surface area contributed by atoms with Gasteiger partial charge >= 0.3 is 11.9 Å². The molecule has 0 radical (unpaired) electrons. The summed E-state index contributed by atoms with van der Waals surface area (Å²) in [7, 11) is 0. The van der Waals surface area contributed by atoms with Gasteiger partial charge in [-0.1, -0.05) is 65.8 Å². The zero-order valence-corrected chi connectivity index (χ0v) is 17.5. The SMILES string of the molecule is CC(CC(=O)OC(c1ccccc1)c1ccccc1)O/N=C(\C(=O)O)c1csc(N)n1. The number of esters is 1. The van der Waals surface area contributed by atoms with Crippen LogP contribution >= 0.6 is 11.3 Å². The van der Waals surface area contributed by atoms with Crippen molar-refractivity contribution < 1.29 is 24.3 Å². The Hall–Kier alpha value is -3.72. The fourth-order valence-electron chi connectivity index (χ4n) is 2.77. The third-order valence-electron chi connectivity index (χ3n) is 4.20.